The lowest BCUT2D eigenvalue weighted by Crippen LogP contribution is -2.62. The lowest BCUT2D eigenvalue weighted by atomic mass is 9.80. The van der Waals surface area contributed by atoms with E-state index in [9.17, 15) is 0 Å². The first-order valence-electron chi connectivity index (χ1n) is 8.75. The van der Waals surface area contributed by atoms with Crippen LogP contribution in [0.4, 0.5) is 0 Å². The number of unbranched alkanes of at least 4 members (excludes halogenated alkanes) is 3. The van der Waals surface area contributed by atoms with Crippen molar-refractivity contribution in [1.29, 1.82) is 0 Å². The molecule has 0 radical (unpaired) electrons. The summed E-state index contributed by atoms with van der Waals surface area (Å²) in [5.41, 5.74) is 0.480. The third kappa shape index (κ3) is 4.46. The van der Waals surface area contributed by atoms with Gasteiger partial charge in [0.15, 0.2) is 0 Å². The van der Waals surface area contributed by atoms with E-state index in [4.69, 9.17) is 0 Å². The zero-order valence-electron chi connectivity index (χ0n) is 13.2. The molecule has 1 saturated heterocycles. The van der Waals surface area contributed by atoms with Crippen molar-refractivity contribution in [1.82, 2.24) is 10.2 Å². The van der Waals surface area contributed by atoms with E-state index in [1.165, 1.54) is 83.8 Å². The smallest absolute Gasteiger partial charge is 0.0309 e. The molecule has 19 heavy (non-hydrogen) atoms. The van der Waals surface area contributed by atoms with Crippen molar-refractivity contribution in [3.8, 4) is 0 Å². The second-order valence-electron chi connectivity index (χ2n) is 6.94. The number of rotatable bonds is 6. The minimum absolute atomic E-state index is 0.480. The molecule has 0 amide bonds. The molecule has 2 aliphatic rings. The predicted octanol–water partition coefficient (Wildman–Crippen LogP) is 3.95. The van der Waals surface area contributed by atoms with Crippen molar-refractivity contribution >= 4 is 0 Å². The quantitative estimate of drug-likeness (QED) is 0.732. The van der Waals surface area contributed by atoms with Crippen LogP contribution in [0.2, 0.25) is 0 Å². The second-order valence-corrected chi connectivity index (χ2v) is 6.94. The van der Waals surface area contributed by atoms with Gasteiger partial charge in [0.1, 0.15) is 0 Å². The Labute approximate surface area is 120 Å². The molecule has 2 nitrogen and oxygen atoms in total. The molecule has 1 aliphatic carbocycles. The Balaban J connectivity index is 1.76. The highest BCUT2D eigenvalue weighted by atomic mass is 15.2. The van der Waals surface area contributed by atoms with Gasteiger partial charge in [-0.15, -0.1) is 0 Å². The molecule has 2 heteroatoms. The van der Waals surface area contributed by atoms with Crippen LogP contribution in [0.25, 0.3) is 0 Å². The van der Waals surface area contributed by atoms with Crippen LogP contribution in [0.15, 0.2) is 0 Å². The van der Waals surface area contributed by atoms with Crippen molar-refractivity contribution in [3.05, 3.63) is 0 Å². The SMILES string of the molecule is CCCCCCC(C)N1CCNC2(CCCCC2)C1. The third-order valence-electron chi connectivity index (χ3n) is 5.31. The third-order valence-corrected chi connectivity index (χ3v) is 5.31. The van der Waals surface area contributed by atoms with E-state index < -0.39 is 0 Å². The maximum atomic E-state index is 3.85. The molecule has 2 rings (SSSR count). The summed E-state index contributed by atoms with van der Waals surface area (Å²) in [5.74, 6) is 0. The van der Waals surface area contributed by atoms with Gasteiger partial charge in [-0.05, 0) is 26.2 Å². The molecule has 1 heterocycles. The van der Waals surface area contributed by atoms with E-state index in [-0.39, 0.29) is 0 Å². The van der Waals surface area contributed by atoms with E-state index >= 15 is 0 Å². The first-order chi connectivity index (χ1) is 9.26. The fourth-order valence-corrected chi connectivity index (χ4v) is 3.98. The normalized spacial score (nSPS) is 25.6. The Kier molecular flexibility index (Phi) is 6.15. The van der Waals surface area contributed by atoms with Gasteiger partial charge in [-0.2, -0.15) is 0 Å². The predicted molar refractivity (Wildman–Crippen MR) is 83.6 cm³/mol. The molecule has 1 saturated carbocycles. The molecule has 0 aromatic rings. The van der Waals surface area contributed by atoms with Crippen molar-refractivity contribution in [3.63, 3.8) is 0 Å². The van der Waals surface area contributed by atoms with Crippen molar-refractivity contribution in [2.75, 3.05) is 19.6 Å². The minimum atomic E-state index is 0.480. The maximum Gasteiger partial charge on any atom is 0.0309 e. The van der Waals surface area contributed by atoms with E-state index in [2.05, 4.69) is 24.1 Å². The monoisotopic (exact) mass is 266 g/mol. The van der Waals surface area contributed by atoms with E-state index in [1.807, 2.05) is 0 Å². The van der Waals surface area contributed by atoms with Gasteiger partial charge < -0.3 is 5.32 Å². The molecule has 0 bridgehead atoms. The zero-order chi connectivity index (χ0) is 13.6. The lowest BCUT2D eigenvalue weighted by molar-refractivity contribution is 0.0695. The summed E-state index contributed by atoms with van der Waals surface area (Å²) in [6.07, 6.45) is 14.2. The number of hydrogen-bond acceptors (Lipinski definition) is 2. The maximum absolute atomic E-state index is 3.85. The summed E-state index contributed by atoms with van der Waals surface area (Å²) in [5, 5.41) is 3.85. The van der Waals surface area contributed by atoms with Crippen molar-refractivity contribution < 1.29 is 0 Å². The highest BCUT2D eigenvalue weighted by molar-refractivity contribution is 4.97. The largest absolute Gasteiger partial charge is 0.309 e. The summed E-state index contributed by atoms with van der Waals surface area (Å²) in [4.78, 5) is 2.77. The van der Waals surface area contributed by atoms with Gasteiger partial charge in [-0.25, -0.2) is 0 Å². The molecule has 1 unspecified atom stereocenters. The van der Waals surface area contributed by atoms with E-state index in [0.29, 0.717) is 5.54 Å². The van der Waals surface area contributed by atoms with Crippen LogP contribution in [-0.4, -0.2) is 36.1 Å². The van der Waals surface area contributed by atoms with Gasteiger partial charge in [-0.3, -0.25) is 4.90 Å². The number of nitrogens with one attached hydrogen (secondary N) is 1. The van der Waals surface area contributed by atoms with Gasteiger partial charge in [0.05, 0.1) is 0 Å². The highest BCUT2D eigenvalue weighted by Gasteiger charge is 2.37. The molecule has 1 spiro atoms. The average molecular weight is 266 g/mol. The molecular weight excluding hydrogens is 232 g/mol. The molecular formula is C17H34N2. The van der Waals surface area contributed by atoms with Crippen LogP contribution >= 0.6 is 0 Å². The fourth-order valence-electron chi connectivity index (χ4n) is 3.98. The van der Waals surface area contributed by atoms with Crippen LogP contribution in [0.1, 0.15) is 78.1 Å². The molecule has 0 aromatic carbocycles. The minimum Gasteiger partial charge on any atom is -0.309 e. The lowest BCUT2D eigenvalue weighted by Gasteiger charge is -2.48. The average Bonchev–Trinajstić information content (AvgIpc) is 2.44. The van der Waals surface area contributed by atoms with Crippen LogP contribution in [-0.2, 0) is 0 Å². The van der Waals surface area contributed by atoms with Gasteiger partial charge in [-0.1, -0.05) is 51.9 Å². The first kappa shape index (κ1) is 15.3. The molecule has 1 N–H and O–H groups in total. The molecule has 1 atom stereocenters. The highest BCUT2D eigenvalue weighted by Crippen LogP contribution is 2.31. The Morgan fingerprint density at radius 2 is 1.89 bits per heavy atom. The number of hydrogen-bond donors (Lipinski definition) is 1. The number of piperazine rings is 1. The van der Waals surface area contributed by atoms with Gasteiger partial charge in [0.25, 0.3) is 0 Å². The van der Waals surface area contributed by atoms with Gasteiger partial charge in [0.2, 0.25) is 0 Å². The summed E-state index contributed by atoms with van der Waals surface area (Å²) in [6.45, 7) is 8.53. The van der Waals surface area contributed by atoms with Crippen molar-refractivity contribution in [2.45, 2.75) is 89.6 Å². The van der Waals surface area contributed by atoms with E-state index in [1.54, 1.807) is 0 Å². The zero-order valence-corrected chi connectivity index (χ0v) is 13.2. The van der Waals surface area contributed by atoms with Gasteiger partial charge in [0, 0.05) is 31.2 Å². The van der Waals surface area contributed by atoms with Gasteiger partial charge >= 0.3 is 0 Å². The topological polar surface area (TPSA) is 15.3 Å². The Hall–Kier alpha value is -0.0800. The van der Waals surface area contributed by atoms with E-state index in [0.717, 1.165) is 6.04 Å². The summed E-state index contributed by atoms with van der Waals surface area (Å²) < 4.78 is 0. The first-order valence-corrected chi connectivity index (χ1v) is 8.75. The molecule has 1 aliphatic heterocycles. The summed E-state index contributed by atoms with van der Waals surface area (Å²) in [6, 6.07) is 0.790. The Morgan fingerprint density at radius 3 is 2.63 bits per heavy atom. The standard InChI is InChI=1S/C17H34N2/c1-3-4-5-7-10-16(2)19-14-13-18-17(15-19)11-8-6-9-12-17/h16,18H,3-15H2,1-2H3. The molecule has 2 fully saturated rings. The molecule has 112 valence electrons. The Bertz CT molecular complexity index is 240. The summed E-state index contributed by atoms with van der Waals surface area (Å²) >= 11 is 0. The fraction of sp³-hybridized carbons (Fsp3) is 1.00. The number of nitrogens with zero attached hydrogens (tertiary/aromatic N) is 1. The second kappa shape index (κ2) is 7.64. The molecule has 0 aromatic heterocycles. The Morgan fingerprint density at radius 1 is 1.11 bits per heavy atom. The van der Waals surface area contributed by atoms with Crippen LogP contribution in [0.5, 0.6) is 0 Å². The summed E-state index contributed by atoms with van der Waals surface area (Å²) in [7, 11) is 0. The van der Waals surface area contributed by atoms with Crippen molar-refractivity contribution in [2.24, 2.45) is 0 Å². The van der Waals surface area contributed by atoms with Crippen LogP contribution < -0.4 is 5.32 Å². The van der Waals surface area contributed by atoms with Crippen LogP contribution in [0.3, 0.4) is 0 Å². The van der Waals surface area contributed by atoms with Crippen LogP contribution in [0, 0.1) is 0 Å².